The molecule has 6 nitrogen and oxygen atoms in total. The van der Waals surface area contributed by atoms with Gasteiger partial charge < -0.3 is 9.15 Å². The van der Waals surface area contributed by atoms with Crippen molar-refractivity contribution >= 4 is 34.0 Å². The number of furan rings is 1. The van der Waals surface area contributed by atoms with Gasteiger partial charge in [0.15, 0.2) is 5.82 Å². The third-order valence-electron chi connectivity index (χ3n) is 4.54. The van der Waals surface area contributed by atoms with Gasteiger partial charge in [0.05, 0.1) is 12.7 Å². The van der Waals surface area contributed by atoms with Crippen LogP contribution in [0.15, 0.2) is 69.9 Å². The summed E-state index contributed by atoms with van der Waals surface area (Å²) in [5, 5.41) is 5.01. The maximum atomic E-state index is 12.8. The SMILES string of the molecule is COc1ccccc1-c1nc2sc(=Cc3ccc(-c4cccc(Cl)c4)o3)c(=O)n2n1. The standard InChI is InChI=1S/C22H14ClN3O3S/c1-28-18-8-3-2-7-16(18)20-24-22-26(25-20)21(27)19(30-22)12-15-9-10-17(29-15)13-5-4-6-14(23)11-13/h2-12H,1H3. The quantitative estimate of drug-likeness (QED) is 0.421. The molecule has 0 saturated carbocycles. The van der Waals surface area contributed by atoms with E-state index in [2.05, 4.69) is 10.1 Å². The van der Waals surface area contributed by atoms with Crippen molar-refractivity contribution in [2.24, 2.45) is 0 Å². The molecule has 148 valence electrons. The van der Waals surface area contributed by atoms with Crippen molar-refractivity contribution in [2.45, 2.75) is 0 Å². The molecule has 0 atom stereocenters. The fraction of sp³-hybridized carbons (Fsp3) is 0.0455. The number of rotatable bonds is 4. The molecule has 0 fully saturated rings. The summed E-state index contributed by atoms with van der Waals surface area (Å²) in [4.78, 5) is 17.8. The minimum atomic E-state index is -0.246. The van der Waals surface area contributed by atoms with Crippen LogP contribution in [0.25, 0.3) is 33.7 Å². The second-order valence-electron chi connectivity index (χ2n) is 6.46. The lowest BCUT2D eigenvalue weighted by Crippen LogP contribution is -2.23. The Hall–Kier alpha value is -3.42. The zero-order valence-electron chi connectivity index (χ0n) is 15.7. The number of halogens is 1. The number of thiazole rings is 1. The molecule has 0 amide bonds. The first kappa shape index (κ1) is 18.6. The van der Waals surface area contributed by atoms with E-state index in [0.717, 1.165) is 11.1 Å². The topological polar surface area (TPSA) is 69.6 Å². The Morgan fingerprint density at radius 3 is 2.80 bits per heavy atom. The van der Waals surface area contributed by atoms with E-state index in [-0.39, 0.29) is 5.56 Å². The molecule has 0 N–H and O–H groups in total. The van der Waals surface area contributed by atoms with Gasteiger partial charge in [0.1, 0.15) is 21.8 Å². The first-order valence-corrected chi connectivity index (χ1v) is 10.2. The minimum Gasteiger partial charge on any atom is -0.496 e. The zero-order chi connectivity index (χ0) is 20.7. The van der Waals surface area contributed by atoms with Gasteiger partial charge in [0, 0.05) is 16.7 Å². The minimum absolute atomic E-state index is 0.246. The fourth-order valence-corrected chi connectivity index (χ4v) is 4.21. The summed E-state index contributed by atoms with van der Waals surface area (Å²) in [5.74, 6) is 2.34. The van der Waals surface area contributed by atoms with Crippen molar-refractivity contribution in [1.82, 2.24) is 14.6 Å². The number of ether oxygens (including phenoxy) is 1. The first-order chi connectivity index (χ1) is 14.6. The molecule has 0 radical (unpaired) electrons. The number of fused-ring (bicyclic) bond motifs is 1. The molecule has 8 heteroatoms. The van der Waals surface area contributed by atoms with Crippen LogP contribution in [0.4, 0.5) is 0 Å². The number of hydrogen-bond donors (Lipinski definition) is 0. The van der Waals surface area contributed by atoms with Gasteiger partial charge in [-0.2, -0.15) is 9.50 Å². The average molecular weight is 436 g/mol. The lowest BCUT2D eigenvalue weighted by molar-refractivity contribution is 0.416. The fourth-order valence-electron chi connectivity index (χ4n) is 3.13. The van der Waals surface area contributed by atoms with Crippen LogP contribution < -0.4 is 14.8 Å². The lowest BCUT2D eigenvalue weighted by Gasteiger charge is -2.03. The molecule has 30 heavy (non-hydrogen) atoms. The molecule has 0 aliphatic carbocycles. The van der Waals surface area contributed by atoms with Gasteiger partial charge >= 0.3 is 0 Å². The van der Waals surface area contributed by atoms with Gasteiger partial charge in [-0.1, -0.05) is 47.2 Å². The van der Waals surface area contributed by atoms with Gasteiger partial charge in [-0.15, -0.1) is 5.10 Å². The third kappa shape index (κ3) is 3.28. The highest BCUT2D eigenvalue weighted by atomic mass is 35.5. The zero-order valence-corrected chi connectivity index (χ0v) is 17.3. The van der Waals surface area contributed by atoms with Crippen LogP contribution in [-0.4, -0.2) is 21.7 Å². The van der Waals surface area contributed by atoms with E-state index in [9.17, 15) is 4.79 Å². The number of para-hydroxylation sites is 1. The van der Waals surface area contributed by atoms with E-state index in [1.165, 1.54) is 15.9 Å². The van der Waals surface area contributed by atoms with Crippen LogP contribution in [0.3, 0.4) is 0 Å². The monoisotopic (exact) mass is 435 g/mol. The molecule has 2 aromatic carbocycles. The van der Waals surface area contributed by atoms with Crippen LogP contribution in [0.2, 0.25) is 5.02 Å². The summed E-state index contributed by atoms with van der Waals surface area (Å²) in [5.41, 5.74) is 1.36. The molecular weight excluding hydrogens is 422 g/mol. The molecular formula is C22H14ClN3O3S. The van der Waals surface area contributed by atoms with Gasteiger partial charge in [-0.25, -0.2) is 0 Å². The van der Waals surface area contributed by atoms with Crippen molar-refractivity contribution in [2.75, 3.05) is 7.11 Å². The Morgan fingerprint density at radius 2 is 2.00 bits per heavy atom. The summed E-state index contributed by atoms with van der Waals surface area (Å²) in [6.07, 6.45) is 1.69. The van der Waals surface area contributed by atoms with E-state index in [4.69, 9.17) is 20.8 Å². The maximum absolute atomic E-state index is 12.8. The molecule has 5 rings (SSSR count). The van der Waals surface area contributed by atoms with Gasteiger partial charge in [0.25, 0.3) is 5.56 Å². The molecule has 0 saturated heterocycles. The summed E-state index contributed by atoms with van der Waals surface area (Å²) >= 11 is 7.30. The van der Waals surface area contributed by atoms with E-state index in [0.29, 0.717) is 37.6 Å². The molecule has 0 aliphatic heterocycles. The predicted octanol–water partition coefficient (Wildman–Crippen LogP) is 4.29. The van der Waals surface area contributed by atoms with Crippen LogP contribution >= 0.6 is 22.9 Å². The molecule has 0 bridgehead atoms. The van der Waals surface area contributed by atoms with Crippen molar-refractivity contribution in [1.29, 1.82) is 0 Å². The van der Waals surface area contributed by atoms with E-state index >= 15 is 0 Å². The number of aromatic nitrogens is 3. The molecule has 0 aliphatic rings. The van der Waals surface area contributed by atoms with Crippen molar-refractivity contribution in [3.05, 3.63) is 86.3 Å². The first-order valence-electron chi connectivity index (χ1n) is 9.03. The number of benzene rings is 2. The lowest BCUT2D eigenvalue weighted by atomic mass is 10.2. The highest BCUT2D eigenvalue weighted by Gasteiger charge is 2.15. The molecule has 3 heterocycles. The third-order valence-corrected chi connectivity index (χ3v) is 5.73. The van der Waals surface area contributed by atoms with Crippen molar-refractivity contribution in [3.8, 4) is 28.5 Å². The molecule has 3 aromatic heterocycles. The Morgan fingerprint density at radius 1 is 1.13 bits per heavy atom. The molecule has 5 aromatic rings. The van der Waals surface area contributed by atoms with Gasteiger partial charge in [-0.05, 0) is 36.4 Å². The van der Waals surface area contributed by atoms with Crippen LogP contribution in [-0.2, 0) is 0 Å². The smallest absolute Gasteiger partial charge is 0.291 e. The maximum Gasteiger partial charge on any atom is 0.291 e. The number of methoxy groups -OCH3 is 1. The second-order valence-corrected chi connectivity index (χ2v) is 7.90. The second kappa shape index (κ2) is 7.44. The summed E-state index contributed by atoms with van der Waals surface area (Å²) in [7, 11) is 1.59. The Balaban J connectivity index is 1.53. The summed E-state index contributed by atoms with van der Waals surface area (Å²) < 4.78 is 13.0. The molecule has 0 spiro atoms. The number of nitrogens with zero attached hydrogens (tertiary/aromatic N) is 3. The highest BCUT2D eigenvalue weighted by Crippen LogP contribution is 2.27. The normalized spacial score (nSPS) is 12.0. The average Bonchev–Trinajstić information content (AvgIpc) is 3.46. The Labute approximate surface area is 179 Å². The Bertz CT molecular complexity index is 1490. The van der Waals surface area contributed by atoms with Crippen LogP contribution in [0, 0.1) is 0 Å². The van der Waals surface area contributed by atoms with E-state index in [1.807, 2.05) is 54.6 Å². The van der Waals surface area contributed by atoms with E-state index < -0.39 is 0 Å². The Kier molecular flexibility index (Phi) is 4.61. The van der Waals surface area contributed by atoms with Crippen LogP contribution in [0.1, 0.15) is 5.76 Å². The highest BCUT2D eigenvalue weighted by molar-refractivity contribution is 7.15. The van der Waals surface area contributed by atoms with Crippen LogP contribution in [0.5, 0.6) is 5.75 Å². The number of hydrogen-bond acceptors (Lipinski definition) is 6. The van der Waals surface area contributed by atoms with E-state index in [1.54, 1.807) is 19.3 Å². The van der Waals surface area contributed by atoms with Gasteiger partial charge in [0.2, 0.25) is 4.96 Å². The predicted molar refractivity (Wildman–Crippen MR) is 117 cm³/mol. The van der Waals surface area contributed by atoms with Crippen molar-refractivity contribution in [3.63, 3.8) is 0 Å². The summed E-state index contributed by atoms with van der Waals surface area (Å²) in [6.45, 7) is 0. The molecule has 0 unspecified atom stereocenters. The summed E-state index contributed by atoms with van der Waals surface area (Å²) in [6, 6.07) is 18.5. The van der Waals surface area contributed by atoms with Gasteiger partial charge in [-0.3, -0.25) is 4.79 Å². The van der Waals surface area contributed by atoms with Crippen molar-refractivity contribution < 1.29 is 9.15 Å². The largest absolute Gasteiger partial charge is 0.496 e.